The number of benzene rings is 1. The number of nitriles is 1. The molecule has 0 atom stereocenters. The van der Waals surface area contributed by atoms with Crippen LogP contribution in [0.4, 0.5) is 5.69 Å². The summed E-state index contributed by atoms with van der Waals surface area (Å²) in [5.41, 5.74) is 3.18. The molecule has 0 N–H and O–H groups in total. The molecular formula is C14H12N2O. The largest absolute Gasteiger partial charge is 0.276 e. The Morgan fingerprint density at radius 2 is 1.94 bits per heavy atom. The third-order valence-corrected chi connectivity index (χ3v) is 2.96. The van der Waals surface area contributed by atoms with E-state index in [4.69, 9.17) is 5.26 Å². The molecule has 0 aromatic heterocycles. The molecule has 0 spiro atoms. The predicted octanol–water partition coefficient (Wildman–Crippen LogP) is 2.70. The second kappa shape index (κ2) is 3.91. The highest BCUT2D eigenvalue weighted by Crippen LogP contribution is 2.34. The van der Waals surface area contributed by atoms with Crippen LogP contribution in [0.2, 0.25) is 0 Å². The molecule has 84 valence electrons. The van der Waals surface area contributed by atoms with Gasteiger partial charge in [-0.15, -0.1) is 0 Å². The van der Waals surface area contributed by atoms with Gasteiger partial charge in [-0.3, -0.25) is 9.69 Å². The number of aryl methyl sites for hydroxylation is 1. The molecule has 0 saturated carbocycles. The number of para-hydroxylation sites is 1. The summed E-state index contributed by atoms with van der Waals surface area (Å²) in [6, 6.07) is 9.49. The molecule has 0 unspecified atom stereocenters. The van der Waals surface area contributed by atoms with Crippen molar-refractivity contribution in [3.63, 3.8) is 0 Å². The van der Waals surface area contributed by atoms with Crippen molar-refractivity contribution in [2.75, 3.05) is 4.90 Å². The minimum absolute atomic E-state index is 0.179. The lowest BCUT2D eigenvalue weighted by atomic mass is 10.1. The third-order valence-electron chi connectivity index (χ3n) is 2.96. The number of anilines is 1. The van der Waals surface area contributed by atoms with Crippen molar-refractivity contribution >= 4 is 11.6 Å². The molecule has 0 radical (unpaired) electrons. The number of nitrogens with zero attached hydrogens (tertiary/aromatic N) is 2. The van der Waals surface area contributed by atoms with Crippen molar-refractivity contribution in [2.24, 2.45) is 0 Å². The van der Waals surface area contributed by atoms with Crippen LogP contribution >= 0.6 is 0 Å². The molecule has 1 aliphatic heterocycles. The van der Waals surface area contributed by atoms with E-state index in [0.29, 0.717) is 11.3 Å². The Balaban J connectivity index is 2.53. The molecule has 3 heteroatoms. The highest BCUT2D eigenvalue weighted by atomic mass is 16.2. The molecular weight excluding hydrogens is 212 g/mol. The zero-order chi connectivity index (χ0) is 12.6. The number of allylic oxidation sites excluding steroid dienone is 1. The van der Waals surface area contributed by atoms with Gasteiger partial charge in [0.25, 0.3) is 5.91 Å². The average molecular weight is 224 g/mol. The van der Waals surface area contributed by atoms with Crippen LogP contribution in [0, 0.1) is 18.3 Å². The van der Waals surface area contributed by atoms with E-state index in [0.717, 1.165) is 11.3 Å². The van der Waals surface area contributed by atoms with Gasteiger partial charge in [0.1, 0.15) is 11.6 Å². The van der Waals surface area contributed by atoms with E-state index in [1.807, 2.05) is 37.3 Å². The van der Waals surface area contributed by atoms with Gasteiger partial charge in [0.2, 0.25) is 0 Å². The monoisotopic (exact) mass is 224 g/mol. The standard InChI is InChI=1S/C14H12N2O/c1-9-6-4-5-7-13(9)16-11(3)10(2)12(8-15)14(16)17/h4-7H,3H2,1-2H3. The first-order valence-corrected chi connectivity index (χ1v) is 5.28. The quantitative estimate of drug-likeness (QED) is 0.736. The average Bonchev–Trinajstić information content (AvgIpc) is 2.52. The molecule has 1 amide bonds. The zero-order valence-electron chi connectivity index (χ0n) is 9.82. The normalized spacial score (nSPS) is 15.5. The van der Waals surface area contributed by atoms with Crippen molar-refractivity contribution in [1.29, 1.82) is 5.26 Å². The fourth-order valence-corrected chi connectivity index (χ4v) is 1.91. The van der Waals surface area contributed by atoms with Crippen molar-refractivity contribution in [2.45, 2.75) is 13.8 Å². The zero-order valence-corrected chi connectivity index (χ0v) is 9.82. The number of carbonyl (C=O) groups excluding carboxylic acids is 1. The Bertz CT molecular complexity index is 590. The van der Waals surface area contributed by atoms with E-state index >= 15 is 0 Å². The fraction of sp³-hybridized carbons (Fsp3) is 0.143. The first kappa shape index (κ1) is 11.2. The van der Waals surface area contributed by atoms with E-state index in [1.54, 1.807) is 6.92 Å². The molecule has 17 heavy (non-hydrogen) atoms. The van der Waals surface area contributed by atoms with Gasteiger partial charge in [0.15, 0.2) is 0 Å². The summed E-state index contributed by atoms with van der Waals surface area (Å²) in [4.78, 5) is 13.6. The van der Waals surface area contributed by atoms with E-state index in [1.165, 1.54) is 4.90 Å². The van der Waals surface area contributed by atoms with Gasteiger partial charge in [-0.1, -0.05) is 24.8 Å². The Kier molecular flexibility index (Phi) is 2.57. The Labute approximate surface area is 100 Å². The summed E-state index contributed by atoms with van der Waals surface area (Å²) >= 11 is 0. The van der Waals surface area contributed by atoms with Gasteiger partial charge in [-0.2, -0.15) is 5.26 Å². The second-order valence-corrected chi connectivity index (χ2v) is 3.99. The van der Waals surface area contributed by atoms with Crippen LogP contribution in [0.1, 0.15) is 12.5 Å². The summed E-state index contributed by atoms with van der Waals surface area (Å²) < 4.78 is 0. The maximum atomic E-state index is 12.1. The maximum absolute atomic E-state index is 12.1. The minimum atomic E-state index is -0.288. The molecule has 1 aromatic rings. The smallest absolute Gasteiger partial charge is 0.273 e. The SMILES string of the molecule is C=C1C(C)=C(C#N)C(=O)N1c1ccccc1C. The number of amides is 1. The van der Waals surface area contributed by atoms with Crippen LogP contribution in [-0.2, 0) is 4.79 Å². The van der Waals surface area contributed by atoms with Crippen LogP contribution < -0.4 is 4.90 Å². The van der Waals surface area contributed by atoms with Crippen LogP contribution in [-0.4, -0.2) is 5.91 Å². The summed E-state index contributed by atoms with van der Waals surface area (Å²) in [6.07, 6.45) is 0. The Morgan fingerprint density at radius 3 is 2.47 bits per heavy atom. The van der Waals surface area contributed by atoms with Crippen LogP contribution in [0.3, 0.4) is 0 Å². The highest BCUT2D eigenvalue weighted by molar-refractivity contribution is 6.15. The summed E-state index contributed by atoms with van der Waals surface area (Å²) in [5, 5.41) is 8.96. The van der Waals surface area contributed by atoms with Crippen molar-refractivity contribution in [3.05, 3.63) is 53.3 Å². The van der Waals surface area contributed by atoms with Gasteiger partial charge in [-0.05, 0) is 31.1 Å². The summed E-state index contributed by atoms with van der Waals surface area (Å²) in [5.74, 6) is -0.288. The lowest BCUT2D eigenvalue weighted by molar-refractivity contribution is -0.113. The molecule has 1 aromatic carbocycles. The molecule has 0 saturated heterocycles. The Hall–Kier alpha value is -2.34. The number of hydrogen-bond acceptors (Lipinski definition) is 2. The van der Waals surface area contributed by atoms with Gasteiger partial charge in [0, 0.05) is 5.70 Å². The van der Waals surface area contributed by atoms with Gasteiger partial charge in [0.05, 0.1) is 5.69 Å². The second-order valence-electron chi connectivity index (χ2n) is 3.99. The Morgan fingerprint density at radius 1 is 1.29 bits per heavy atom. The third kappa shape index (κ3) is 1.55. The number of rotatable bonds is 1. The van der Waals surface area contributed by atoms with Gasteiger partial charge in [-0.25, -0.2) is 0 Å². The predicted molar refractivity (Wildman–Crippen MR) is 66.1 cm³/mol. The first-order valence-electron chi connectivity index (χ1n) is 5.28. The van der Waals surface area contributed by atoms with E-state index in [2.05, 4.69) is 6.58 Å². The maximum Gasteiger partial charge on any atom is 0.273 e. The summed E-state index contributed by atoms with van der Waals surface area (Å²) in [6.45, 7) is 7.55. The number of carbonyl (C=O) groups is 1. The molecule has 0 fully saturated rings. The molecule has 3 nitrogen and oxygen atoms in total. The van der Waals surface area contributed by atoms with Crippen LogP contribution in [0.15, 0.2) is 47.7 Å². The topological polar surface area (TPSA) is 44.1 Å². The fourth-order valence-electron chi connectivity index (χ4n) is 1.91. The van der Waals surface area contributed by atoms with E-state index in [9.17, 15) is 4.79 Å². The van der Waals surface area contributed by atoms with Crippen molar-refractivity contribution in [3.8, 4) is 6.07 Å². The van der Waals surface area contributed by atoms with Crippen molar-refractivity contribution in [1.82, 2.24) is 0 Å². The molecule has 0 bridgehead atoms. The molecule has 1 aliphatic rings. The lowest BCUT2D eigenvalue weighted by Crippen LogP contribution is -2.25. The van der Waals surface area contributed by atoms with Crippen LogP contribution in [0.25, 0.3) is 0 Å². The summed E-state index contributed by atoms with van der Waals surface area (Å²) in [7, 11) is 0. The minimum Gasteiger partial charge on any atom is -0.276 e. The lowest BCUT2D eigenvalue weighted by Gasteiger charge is -2.20. The van der Waals surface area contributed by atoms with E-state index < -0.39 is 0 Å². The van der Waals surface area contributed by atoms with Crippen molar-refractivity contribution < 1.29 is 4.79 Å². The molecule has 1 heterocycles. The number of hydrogen-bond donors (Lipinski definition) is 0. The highest BCUT2D eigenvalue weighted by Gasteiger charge is 2.33. The van der Waals surface area contributed by atoms with Gasteiger partial charge < -0.3 is 0 Å². The van der Waals surface area contributed by atoms with Crippen LogP contribution in [0.5, 0.6) is 0 Å². The first-order chi connectivity index (χ1) is 8.07. The molecule has 2 rings (SSSR count). The van der Waals surface area contributed by atoms with E-state index in [-0.39, 0.29) is 11.5 Å². The van der Waals surface area contributed by atoms with Gasteiger partial charge >= 0.3 is 0 Å². The molecule has 0 aliphatic carbocycles.